The van der Waals surface area contributed by atoms with E-state index >= 15 is 0 Å². The fourth-order valence-electron chi connectivity index (χ4n) is 1.22. The number of nitrogen functional groups attached to an aromatic ring is 1. The van der Waals surface area contributed by atoms with Crippen molar-refractivity contribution in [1.29, 1.82) is 0 Å². The third-order valence-electron chi connectivity index (χ3n) is 1.96. The van der Waals surface area contributed by atoms with Crippen LogP contribution in [0.1, 0.15) is 11.3 Å². The van der Waals surface area contributed by atoms with Gasteiger partial charge in [-0.15, -0.1) is 0 Å². The summed E-state index contributed by atoms with van der Waals surface area (Å²) in [5.74, 6) is 0.539. The van der Waals surface area contributed by atoms with Gasteiger partial charge in [0.05, 0.1) is 12.2 Å². The van der Waals surface area contributed by atoms with Crippen molar-refractivity contribution in [1.82, 2.24) is 14.8 Å². The second-order valence-electron chi connectivity index (χ2n) is 3.27. The second-order valence-corrected chi connectivity index (χ2v) is 3.27. The van der Waals surface area contributed by atoms with Crippen molar-refractivity contribution >= 4 is 5.82 Å². The molecule has 4 nitrogen and oxygen atoms in total. The van der Waals surface area contributed by atoms with Crippen LogP contribution in [0.2, 0.25) is 0 Å². The van der Waals surface area contributed by atoms with Gasteiger partial charge in [-0.3, -0.25) is 9.67 Å². The van der Waals surface area contributed by atoms with Gasteiger partial charge in [-0.1, -0.05) is 6.07 Å². The molecule has 14 heavy (non-hydrogen) atoms. The number of nitrogens with two attached hydrogens (primary N) is 1. The Hall–Kier alpha value is -1.84. The minimum Gasteiger partial charge on any atom is -0.382 e. The first kappa shape index (κ1) is 8.74. The van der Waals surface area contributed by atoms with Gasteiger partial charge in [0.25, 0.3) is 0 Å². The molecule has 2 N–H and O–H groups in total. The second kappa shape index (κ2) is 3.49. The van der Waals surface area contributed by atoms with E-state index < -0.39 is 0 Å². The van der Waals surface area contributed by atoms with Crippen molar-refractivity contribution in [2.24, 2.45) is 0 Å². The minimum absolute atomic E-state index is 0.539. The Kier molecular flexibility index (Phi) is 2.18. The average molecular weight is 188 g/mol. The van der Waals surface area contributed by atoms with Gasteiger partial charge in [-0.05, 0) is 24.6 Å². The van der Waals surface area contributed by atoms with E-state index in [1.165, 1.54) is 0 Å². The van der Waals surface area contributed by atoms with Crippen LogP contribution >= 0.6 is 0 Å². The zero-order chi connectivity index (χ0) is 9.97. The lowest BCUT2D eigenvalue weighted by atomic mass is 10.3. The molecule has 72 valence electrons. The maximum absolute atomic E-state index is 5.50. The summed E-state index contributed by atoms with van der Waals surface area (Å²) in [5.41, 5.74) is 7.65. The maximum Gasteiger partial charge on any atom is 0.145 e. The lowest BCUT2D eigenvalue weighted by Gasteiger charge is -2.00. The van der Waals surface area contributed by atoms with Gasteiger partial charge in [-0.2, -0.15) is 5.10 Å². The van der Waals surface area contributed by atoms with E-state index in [1.807, 2.05) is 31.5 Å². The van der Waals surface area contributed by atoms with Crippen LogP contribution in [0.4, 0.5) is 5.82 Å². The minimum atomic E-state index is 0.539. The monoisotopic (exact) mass is 188 g/mol. The van der Waals surface area contributed by atoms with Gasteiger partial charge in [0.2, 0.25) is 0 Å². The number of hydrogen-bond acceptors (Lipinski definition) is 3. The van der Waals surface area contributed by atoms with E-state index in [-0.39, 0.29) is 0 Å². The molecule has 0 fully saturated rings. The highest BCUT2D eigenvalue weighted by Gasteiger charge is 1.97. The van der Waals surface area contributed by atoms with Gasteiger partial charge in [0.15, 0.2) is 0 Å². The molecule has 0 radical (unpaired) electrons. The average Bonchev–Trinajstić information content (AvgIpc) is 2.56. The summed E-state index contributed by atoms with van der Waals surface area (Å²) < 4.78 is 1.77. The first-order valence-corrected chi connectivity index (χ1v) is 4.44. The molecule has 0 saturated heterocycles. The molecule has 4 heteroatoms. The van der Waals surface area contributed by atoms with Crippen molar-refractivity contribution in [2.75, 3.05) is 5.73 Å². The largest absolute Gasteiger partial charge is 0.382 e. The summed E-state index contributed by atoms with van der Waals surface area (Å²) in [5, 5.41) is 4.08. The van der Waals surface area contributed by atoms with E-state index in [2.05, 4.69) is 10.1 Å². The lowest BCUT2D eigenvalue weighted by molar-refractivity contribution is 0.675. The summed E-state index contributed by atoms with van der Waals surface area (Å²) in [4.78, 5) is 4.28. The molecule has 2 aromatic rings. The fraction of sp³-hybridized carbons (Fsp3) is 0.200. The van der Waals surface area contributed by atoms with E-state index in [0.717, 1.165) is 11.3 Å². The van der Waals surface area contributed by atoms with Gasteiger partial charge in [-0.25, -0.2) is 0 Å². The molecule has 0 saturated carbocycles. The molecule has 0 aliphatic heterocycles. The van der Waals surface area contributed by atoms with Crippen molar-refractivity contribution in [3.8, 4) is 0 Å². The van der Waals surface area contributed by atoms with Crippen LogP contribution < -0.4 is 5.73 Å². The Morgan fingerprint density at radius 2 is 2.21 bits per heavy atom. The first-order valence-electron chi connectivity index (χ1n) is 4.44. The Labute approximate surface area is 82.4 Å². The van der Waals surface area contributed by atoms with Crippen LogP contribution in [-0.2, 0) is 6.54 Å². The van der Waals surface area contributed by atoms with Crippen molar-refractivity contribution in [3.05, 3.63) is 41.9 Å². The molecule has 0 atom stereocenters. The van der Waals surface area contributed by atoms with Gasteiger partial charge in [0.1, 0.15) is 5.82 Å². The molecular formula is C10H12N4. The smallest absolute Gasteiger partial charge is 0.145 e. The number of anilines is 1. The van der Waals surface area contributed by atoms with Crippen LogP contribution in [0.25, 0.3) is 0 Å². The highest BCUT2D eigenvalue weighted by molar-refractivity contribution is 5.24. The predicted molar refractivity (Wildman–Crippen MR) is 54.7 cm³/mol. The van der Waals surface area contributed by atoms with Crippen LogP contribution in [-0.4, -0.2) is 14.8 Å². The Balaban J connectivity index is 2.15. The maximum atomic E-state index is 5.50. The third-order valence-corrected chi connectivity index (χ3v) is 1.96. The van der Waals surface area contributed by atoms with Gasteiger partial charge >= 0.3 is 0 Å². The van der Waals surface area contributed by atoms with Crippen LogP contribution in [0.15, 0.2) is 30.6 Å². The van der Waals surface area contributed by atoms with E-state index in [4.69, 9.17) is 5.73 Å². The number of aromatic nitrogens is 3. The SMILES string of the molecule is Cc1ccc(Cn2ccc(N)n2)nc1. The zero-order valence-electron chi connectivity index (χ0n) is 8.01. The van der Waals surface area contributed by atoms with E-state index in [1.54, 1.807) is 10.7 Å². The van der Waals surface area contributed by atoms with Gasteiger partial charge < -0.3 is 5.73 Å². The summed E-state index contributed by atoms with van der Waals surface area (Å²) in [6, 6.07) is 5.80. The number of pyridine rings is 1. The molecular weight excluding hydrogens is 176 g/mol. The summed E-state index contributed by atoms with van der Waals surface area (Å²) in [7, 11) is 0. The summed E-state index contributed by atoms with van der Waals surface area (Å²) >= 11 is 0. The molecule has 2 rings (SSSR count). The van der Waals surface area contributed by atoms with E-state index in [0.29, 0.717) is 12.4 Å². The summed E-state index contributed by atoms with van der Waals surface area (Å²) in [6.45, 7) is 2.68. The van der Waals surface area contributed by atoms with Crippen molar-refractivity contribution < 1.29 is 0 Å². The standard InChI is InChI=1S/C10H12N4/c1-8-2-3-9(12-6-8)7-14-5-4-10(11)13-14/h2-6H,7H2,1H3,(H2,11,13). The number of aryl methyl sites for hydroxylation is 1. The molecule has 0 aromatic carbocycles. The summed E-state index contributed by atoms with van der Waals surface area (Å²) in [6.07, 6.45) is 3.69. The number of rotatable bonds is 2. The van der Waals surface area contributed by atoms with Crippen molar-refractivity contribution in [2.45, 2.75) is 13.5 Å². The molecule has 0 aliphatic carbocycles. The fourth-order valence-corrected chi connectivity index (χ4v) is 1.22. The predicted octanol–water partition coefficient (Wildman–Crippen LogP) is 1.22. The highest BCUT2D eigenvalue weighted by Crippen LogP contribution is 2.02. The van der Waals surface area contributed by atoms with Crippen LogP contribution in [0.5, 0.6) is 0 Å². The quantitative estimate of drug-likeness (QED) is 0.770. The topological polar surface area (TPSA) is 56.7 Å². The van der Waals surface area contributed by atoms with Crippen molar-refractivity contribution in [3.63, 3.8) is 0 Å². The zero-order valence-corrected chi connectivity index (χ0v) is 8.01. The number of hydrogen-bond donors (Lipinski definition) is 1. The van der Waals surface area contributed by atoms with E-state index in [9.17, 15) is 0 Å². The normalized spacial score (nSPS) is 10.4. The first-order chi connectivity index (χ1) is 6.74. The van der Waals surface area contributed by atoms with Crippen LogP contribution in [0, 0.1) is 6.92 Å². The van der Waals surface area contributed by atoms with Gasteiger partial charge in [0, 0.05) is 12.4 Å². The third kappa shape index (κ3) is 1.90. The number of nitrogens with zero attached hydrogens (tertiary/aromatic N) is 3. The molecule has 0 amide bonds. The molecule has 0 bridgehead atoms. The van der Waals surface area contributed by atoms with Crippen LogP contribution in [0.3, 0.4) is 0 Å². The highest BCUT2D eigenvalue weighted by atomic mass is 15.3. The Morgan fingerprint density at radius 3 is 2.79 bits per heavy atom. The molecule has 2 heterocycles. The molecule has 2 aromatic heterocycles. The molecule has 0 spiro atoms. The Morgan fingerprint density at radius 1 is 1.36 bits per heavy atom. The Bertz CT molecular complexity index is 416. The molecule has 0 unspecified atom stereocenters. The lowest BCUT2D eigenvalue weighted by Crippen LogP contribution is -2.02. The molecule has 0 aliphatic rings.